The van der Waals surface area contributed by atoms with Gasteiger partial charge >= 0.3 is 0 Å². The molecule has 0 aliphatic heterocycles. The molecule has 1 aromatic carbocycles. The number of amides is 1. The molecule has 0 unspecified atom stereocenters. The summed E-state index contributed by atoms with van der Waals surface area (Å²) in [5.74, 6) is 1.29. The summed E-state index contributed by atoms with van der Waals surface area (Å²) in [6.45, 7) is 0. The van der Waals surface area contributed by atoms with E-state index in [-0.39, 0.29) is 5.91 Å². The molecule has 0 spiro atoms. The van der Waals surface area contributed by atoms with Crippen LogP contribution < -0.4 is 5.32 Å². The predicted molar refractivity (Wildman–Crippen MR) is 109 cm³/mol. The fraction of sp³-hybridized carbons (Fsp3) is 0. The Kier molecular flexibility index (Phi) is 5.78. The van der Waals surface area contributed by atoms with Crippen LogP contribution in [0.4, 0.5) is 5.82 Å². The molecule has 7 heteroatoms. The van der Waals surface area contributed by atoms with E-state index in [2.05, 4.69) is 32.9 Å². The largest absolute Gasteiger partial charge is 0.457 e. The summed E-state index contributed by atoms with van der Waals surface area (Å²) in [5, 5.41) is 3.56. The smallest absolute Gasteiger partial charge is 0.249 e. The van der Waals surface area contributed by atoms with Crippen molar-refractivity contribution in [3.8, 4) is 11.3 Å². The molecule has 0 radical (unpaired) electrons. The number of furan rings is 1. The molecule has 0 bridgehead atoms. The zero-order chi connectivity index (χ0) is 17.8. The second-order valence-electron chi connectivity index (χ2n) is 4.99. The van der Waals surface area contributed by atoms with Crippen molar-refractivity contribution >= 4 is 63.6 Å². The van der Waals surface area contributed by atoms with E-state index in [0.717, 1.165) is 3.57 Å². The molecule has 0 aliphatic carbocycles. The van der Waals surface area contributed by atoms with Gasteiger partial charge in [0.05, 0.1) is 10.0 Å². The van der Waals surface area contributed by atoms with Crippen molar-refractivity contribution in [2.45, 2.75) is 0 Å². The Morgan fingerprint density at radius 1 is 1.16 bits per heavy atom. The Morgan fingerprint density at radius 3 is 2.76 bits per heavy atom. The quantitative estimate of drug-likeness (QED) is 0.370. The molecule has 2 heterocycles. The summed E-state index contributed by atoms with van der Waals surface area (Å²) >= 11 is 14.3. The van der Waals surface area contributed by atoms with Gasteiger partial charge < -0.3 is 9.73 Å². The van der Waals surface area contributed by atoms with E-state index >= 15 is 0 Å². The minimum atomic E-state index is -0.299. The van der Waals surface area contributed by atoms with Gasteiger partial charge in [-0.25, -0.2) is 4.98 Å². The van der Waals surface area contributed by atoms with Crippen LogP contribution in [-0.4, -0.2) is 10.9 Å². The van der Waals surface area contributed by atoms with Crippen molar-refractivity contribution in [2.24, 2.45) is 0 Å². The van der Waals surface area contributed by atoms with Crippen molar-refractivity contribution in [1.82, 2.24) is 4.98 Å². The van der Waals surface area contributed by atoms with Gasteiger partial charge in [-0.2, -0.15) is 0 Å². The Morgan fingerprint density at radius 2 is 2.00 bits per heavy atom. The van der Waals surface area contributed by atoms with Crippen molar-refractivity contribution in [2.75, 3.05) is 5.32 Å². The third-order valence-corrected chi connectivity index (χ3v) is 4.68. The second-order valence-corrected chi connectivity index (χ2v) is 7.02. The first-order valence-electron chi connectivity index (χ1n) is 7.18. The predicted octanol–water partition coefficient (Wildman–Crippen LogP) is 5.90. The fourth-order valence-electron chi connectivity index (χ4n) is 2.06. The highest BCUT2D eigenvalue weighted by Crippen LogP contribution is 2.34. The molecule has 4 nitrogen and oxygen atoms in total. The van der Waals surface area contributed by atoms with Gasteiger partial charge in [0.1, 0.15) is 17.3 Å². The van der Waals surface area contributed by atoms with Crippen molar-refractivity contribution in [1.29, 1.82) is 0 Å². The number of benzene rings is 1. The lowest BCUT2D eigenvalue weighted by Crippen LogP contribution is -2.08. The molecule has 3 aromatic rings. The third kappa shape index (κ3) is 4.62. The maximum atomic E-state index is 11.9. The van der Waals surface area contributed by atoms with Gasteiger partial charge in [-0.3, -0.25) is 4.79 Å². The topological polar surface area (TPSA) is 55.1 Å². The van der Waals surface area contributed by atoms with Gasteiger partial charge in [-0.15, -0.1) is 0 Å². The SMILES string of the molecule is O=C(C=Cc1ccc(-c2cccc(Cl)c2Cl)o1)Nc1ccc(I)cn1. The van der Waals surface area contributed by atoms with E-state index in [1.165, 1.54) is 6.08 Å². The molecular formula is C18H11Cl2IN2O2. The van der Waals surface area contributed by atoms with Gasteiger partial charge in [0.25, 0.3) is 0 Å². The highest BCUT2D eigenvalue weighted by Gasteiger charge is 2.10. The van der Waals surface area contributed by atoms with Crippen molar-refractivity contribution in [3.63, 3.8) is 0 Å². The summed E-state index contributed by atoms with van der Waals surface area (Å²) in [6.07, 6.45) is 4.62. The average molecular weight is 485 g/mol. The number of hydrogen-bond donors (Lipinski definition) is 1. The van der Waals surface area contributed by atoms with Gasteiger partial charge in [0, 0.05) is 21.4 Å². The van der Waals surface area contributed by atoms with Crippen LogP contribution in [0, 0.1) is 3.57 Å². The van der Waals surface area contributed by atoms with Crippen LogP contribution in [-0.2, 0) is 4.79 Å². The van der Waals surface area contributed by atoms with E-state index in [0.29, 0.717) is 32.9 Å². The number of nitrogens with one attached hydrogen (secondary N) is 1. The van der Waals surface area contributed by atoms with E-state index in [1.807, 2.05) is 12.1 Å². The van der Waals surface area contributed by atoms with Gasteiger partial charge in [-0.05, 0) is 65.1 Å². The summed E-state index contributed by atoms with van der Waals surface area (Å²) in [6, 6.07) is 12.4. The summed E-state index contributed by atoms with van der Waals surface area (Å²) in [4.78, 5) is 16.0. The van der Waals surface area contributed by atoms with Crippen LogP contribution >= 0.6 is 45.8 Å². The fourth-order valence-corrected chi connectivity index (χ4v) is 2.77. The van der Waals surface area contributed by atoms with Crippen LogP contribution in [0.5, 0.6) is 0 Å². The second kappa shape index (κ2) is 8.03. The number of carbonyl (C=O) groups is 1. The van der Waals surface area contributed by atoms with E-state index in [4.69, 9.17) is 27.6 Å². The van der Waals surface area contributed by atoms with Crippen LogP contribution in [0.25, 0.3) is 17.4 Å². The Labute approximate surface area is 168 Å². The molecule has 0 aliphatic rings. The standard InChI is InChI=1S/C18H11Cl2IN2O2/c19-14-3-1-2-13(18(14)20)15-7-5-12(25-15)6-9-17(24)23-16-8-4-11(21)10-22-16/h1-10H,(H,22,23,24). The minimum absolute atomic E-state index is 0.299. The minimum Gasteiger partial charge on any atom is -0.457 e. The molecule has 126 valence electrons. The summed E-state index contributed by atoms with van der Waals surface area (Å²) in [5.41, 5.74) is 0.696. The molecule has 0 fully saturated rings. The maximum Gasteiger partial charge on any atom is 0.249 e. The van der Waals surface area contributed by atoms with Crippen molar-refractivity contribution < 1.29 is 9.21 Å². The highest BCUT2D eigenvalue weighted by molar-refractivity contribution is 14.1. The summed E-state index contributed by atoms with van der Waals surface area (Å²) in [7, 11) is 0. The molecule has 0 saturated carbocycles. The highest BCUT2D eigenvalue weighted by atomic mass is 127. The van der Waals surface area contributed by atoms with E-state index in [9.17, 15) is 4.79 Å². The lowest BCUT2D eigenvalue weighted by Gasteiger charge is -2.02. The molecule has 1 amide bonds. The third-order valence-electron chi connectivity index (χ3n) is 3.22. The zero-order valence-electron chi connectivity index (χ0n) is 12.7. The number of carbonyl (C=O) groups excluding carboxylic acids is 1. The van der Waals surface area contributed by atoms with Crippen LogP contribution in [0.15, 0.2) is 59.2 Å². The van der Waals surface area contributed by atoms with Gasteiger partial charge in [0.15, 0.2) is 0 Å². The lowest BCUT2D eigenvalue weighted by molar-refractivity contribution is -0.111. The van der Waals surface area contributed by atoms with Crippen LogP contribution in [0.1, 0.15) is 5.76 Å². The maximum absolute atomic E-state index is 11.9. The molecule has 1 N–H and O–H groups in total. The number of anilines is 1. The molecule has 0 atom stereocenters. The first-order chi connectivity index (χ1) is 12.0. The monoisotopic (exact) mass is 484 g/mol. The van der Waals surface area contributed by atoms with Crippen molar-refractivity contribution in [3.05, 3.63) is 74.1 Å². The number of halogens is 3. The van der Waals surface area contributed by atoms with E-state index < -0.39 is 0 Å². The molecule has 2 aromatic heterocycles. The number of nitrogens with zero attached hydrogens (tertiary/aromatic N) is 1. The normalized spacial score (nSPS) is 11.0. The van der Waals surface area contributed by atoms with Gasteiger partial charge in [0.2, 0.25) is 5.91 Å². The average Bonchev–Trinajstić information content (AvgIpc) is 3.06. The number of aromatic nitrogens is 1. The molecule has 3 rings (SSSR count). The first kappa shape index (κ1) is 18.0. The Hall–Kier alpha value is -1.83. The van der Waals surface area contributed by atoms with E-state index in [1.54, 1.807) is 42.6 Å². The lowest BCUT2D eigenvalue weighted by atomic mass is 10.2. The summed E-state index contributed by atoms with van der Waals surface area (Å²) < 4.78 is 6.69. The number of pyridine rings is 1. The van der Waals surface area contributed by atoms with Gasteiger partial charge in [-0.1, -0.05) is 29.3 Å². The molecular weight excluding hydrogens is 474 g/mol. The zero-order valence-corrected chi connectivity index (χ0v) is 16.3. The Bertz CT molecular complexity index is 937. The number of rotatable bonds is 4. The first-order valence-corrected chi connectivity index (χ1v) is 9.01. The van der Waals surface area contributed by atoms with Crippen LogP contribution in [0.3, 0.4) is 0 Å². The number of hydrogen-bond acceptors (Lipinski definition) is 3. The van der Waals surface area contributed by atoms with Crippen LogP contribution in [0.2, 0.25) is 10.0 Å². The molecule has 25 heavy (non-hydrogen) atoms. The molecule has 0 saturated heterocycles. The Balaban J connectivity index is 1.70.